The molecule has 35 heavy (non-hydrogen) atoms. The Hall–Kier alpha value is -2.64. The van der Waals surface area contributed by atoms with Gasteiger partial charge in [-0.1, -0.05) is 25.7 Å². The summed E-state index contributed by atoms with van der Waals surface area (Å²) in [6.07, 6.45) is 4.84. The molecule has 2 saturated heterocycles. The van der Waals surface area contributed by atoms with Gasteiger partial charge < -0.3 is 9.64 Å². The number of carbonyl (C=O) groups is 2. The highest BCUT2D eigenvalue weighted by atomic mass is 19.1. The standard InChI is InChI=1S/C22H33F2N7O4/c23-10-18-25-20(19(24)21(26-18)30-6-5-29-7-8-35-13-17(29)12-30)27-28-22(33)16(11-31(34)14-32)9-15-3-1-2-4-15/h14-17,34H,1-13H2,(H,28,33)(H,25,26,27)/t16-,17-/m0/s1. The summed E-state index contributed by atoms with van der Waals surface area (Å²) < 4.78 is 34.4. The first-order valence-electron chi connectivity index (χ1n) is 12.1. The van der Waals surface area contributed by atoms with Gasteiger partial charge in [0.2, 0.25) is 18.1 Å². The number of fused-ring (bicyclic) bond motifs is 1. The highest BCUT2D eigenvalue weighted by molar-refractivity contribution is 5.80. The van der Waals surface area contributed by atoms with Crippen molar-refractivity contribution in [3.63, 3.8) is 0 Å². The van der Waals surface area contributed by atoms with Crippen LogP contribution in [0.1, 0.15) is 37.9 Å². The maximum atomic E-state index is 15.4. The van der Waals surface area contributed by atoms with E-state index in [4.69, 9.17) is 4.74 Å². The minimum Gasteiger partial charge on any atom is -0.378 e. The lowest BCUT2D eigenvalue weighted by Gasteiger charge is -2.44. The van der Waals surface area contributed by atoms with Gasteiger partial charge in [-0.05, 0) is 12.3 Å². The molecule has 1 aliphatic carbocycles. The van der Waals surface area contributed by atoms with E-state index in [2.05, 4.69) is 25.7 Å². The molecule has 194 valence electrons. The summed E-state index contributed by atoms with van der Waals surface area (Å²) in [5.74, 6) is -2.28. The topological polar surface area (TPSA) is 123 Å². The molecule has 2 aliphatic heterocycles. The first kappa shape index (κ1) is 25.5. The number of morpholine rings is 1. The second kappa shape index (κ2) is 11.9. The van der Waals surface area contributed by atoms with Crippen molar-refractivity contribution in [3.05, 3.63) is 11.6 Å². The van der Waals surface area contributed by atoms with Gasteiger partial charge in [0.25, 0.3) is 0 Å². The zero-order valence-electron chi connectivity index (χ0n) is 19.7. The molecule has 3 heterocycles. The largest absolute Gasteiger partial charge is 0.378 e. The first-order chi connectivity index (χ1) is 17.0. The quantitative estimate of drug-likeness (QED) is 0.248. The highest BCUT2D eigenvalue weighted by Crippen LogP contribution is 2.31. The normalized spacial score (nSPS) is 21.9. The summed E-state index contributed by atoms with van der Waals surface area (Å²) in [4.78, 5) is 35.7. The third-order valence-electron chi connectivity index (χ3n) is 7.03. The minimum atomic E-state index is -0.995. The van der Waals surface area contributed by atoms with Crippen LogP contribution in [-0.2, 0) is 21.0 Å². The number of hydrogen-bond acceptors (Lipinski definition) is 9. The summed E-state index contributed by atoms with van der Waals surface area (Å²) in [6, 6.07) is 0.0902. The number of hydrogen-bond donors (Lipinski definition) is 3. The molecule has 11 nitrogen and oxygen atoms in total. The van der Waals surface area contributed by atoms with Gasteiger partial charge in [0, 0.05) is 26.2 Å². The summed E-state index contributed by atoms with van der Waals surface area (Å²) in [7, 11) is 0. The molecule has 0 unspecified atom stereocenters. The molecule has 4 rings (SSSR count). The fourth-order valence-electron chi connectivity index (χ4n) is 5.18. The van der Waals surface area contributed by atoms with Gasteiger partial charge >= 0.3 is 0 Å². The number of ether oxygens (including phenoxy) is 1. The zero-order chi connectivity index (χ0) is 24.8. The number of rotatable bonds is 10. The molecule has 2 atom stereocenters. The second-order valence-electron chi connectivity index (χ2n) is 9.40. The average molecular weight is 498 g/mol. The maximum absolute atomic E-state index is 15.4. The van der Waals surface area contributed by atoms with E-state index in [1.807, 2.05) is 0 Å². The lowest BCUT2D eigenvalue weighted by molar-refractivity contribution is -0.154. The lowest BCUT2D eigenvalue weighted by Crippen LogP contribution is -2.58. The van der Waals surface area contributed by atoms with Crippen LogP contribution >= 0.6 is 0 Å². The highest BCUT2D eigenvalue weighted by Gasteiger charge is 2.33. The Labute approximate surface area is 202 Å². The molecule has 13 heteroatoms. The molecule has 0 aromatic carbocycles. The van der Waals surface area contributed by atoms with Crippen molar-refractivity contribution in [1.29, 1.82) is 0 Å². The Morgan fingerprint density at radius 1 is 1.29 bits per heavy atom. The Morgan fingerprint density at radius 3 is 2.83 bits per heavy atom. The van der Waals surface area contributed by atoms with E-state index < -0.39 is 24.3 Å². The molecular weight excluding hydrogens is 464 g/mol. The van der Waals surface area contributed by atoms with Crippen LogP contribution in [0.3, 0.4) is 0 Å². The van der Waals surface area contributed by atoms with Crippen molar-refractivity contribution in [2.75, 3.05) is 56.3 Å². The zero-order valence-corrected chi connectivity index (χ0v) is 19.7. The van der Waals surface area contributed by atoms with Crippen molar-refractivity contribution < 1.29 is 28.3 Å². The molecule has 0 spiro atoms. The molecule has 2 amide bonds. The molecule has 0 bridgehead atoms. The number of nitrogens with zero attached hydrogens (tertiary/aromatic N) is 5. The van der Waals surface area contributed by atoms with Gasteiger partial charge in [-0.25, -0.2) is 19.4 Å². The Bertz CT molecular complexity index is 890. The predicted molar refractivity (Wildman–Crippen MR) is 122 cm³/mol. The third-order valence-corrected chi connectivity index (χ3v) is 7.03. The number of piperazine rings is 1. The van der Waals surface area contributed by atoms with Crippen LogP contribution in [0.2, 0.25) is 0 Å². The fourth-order valence-corrected chi connectivity index (χ4v) is 5.18. The van der Waals surface area contributed by atoms with Crippen molar-refractivity contribution in [3.8, 4) is 0 Å². The summed E-state index contributed by atoms with van der Waals surface area (Å²) >= 11 is 0. The molecule has 0 radical (unpaired) electrons. The number of hydrazine groups is 1. The Kier molecular flexibility index (Phi) is 8.63. The number of alkyl halides is 1. The van der Waals surface area contributed by atoms with Gasteiger partial charge in [0.15, 0.2) is 17.5 Å². The minimum absolute atomic E-state index is 0.0281. The van der Waals surface area contributed by atoms with Crippen LogP contribution < -0.4 is 15.8 Å². The molecule has 1 saturated carbocycles. The first-order valence-corrected chi connectivity index (χ1v) is 12.1. The third kappa shape index (κ3) is 6.33. The maximum Gasteiger partial charge on any atom is 0.243 e. The van der Waals surface area contributed by atoms with E-state index in [0.717, 1.165) is 32.2 Å². The molecular formula is C22H33F2N7O4. The Balaban J connectivity index is 1.45. The van der Waals surface area contributed by atoms with Crippen LogP contribution in [-0.4, -0.2) is 89.4 Å². The molecule has 1 aromatic rings. The molecule has 3 aliphatic rings. The smallest absolute Gasteiger partial charge is 0.243 e. The van der Waals surface area contributed by atoms with Crippen LogP contribution in [0.4, 0.5) is 20.4 Å². The van der Waals surface area contributed by atoms with Gasteiger partial charge in [0.1, 0.15) is 6.67 Å². The second-order valence-corrected chi connectivity index (χ2v) is 9.40. The van der Waals surface area contributed by atoms with Gasteiger partial charge in [-0.3, -0.25) is 30.5 Å². The SMILES string of the molecule is O=CN(O)C[C@H](CC1CCCC1)C(=O)NNc1nc(CF)nc(N2CCN3CCOC[C@@H]3C2)c1F. The van der Waals surface area contributed by atoms with Crippen molar-refractivity contribution in [1.82, 2.24) is 25.4 Å². The van der Waals surface area contributed by atoms with E-state index >= 15 is 4.39 Å². The van der Waals surface area contributed by atoms with Crippen LogP contribution in [0, 0.1) is 17.7 Å². The molecule has 3 N–H and O–H groups in total. The van der Waals surface area contributed by atoms with E-state index in [1.54, 1.807) is 4.90 Å². The molecule has 1 aromatic heterocycles. The number of amides is 2. The lowest BCUT2D eigenvalue weighted by atomic mass is 9.92. The van der Waals surface area contributed by atoms with E-state index in [1.165, 1.54) is 0 Å². The number of carbonyl (C=O) groups excluding carboxylic acids is 2. The van der Waals surface area contributed by atoms with Gasteiger partial charge in [-0.2, -0.15) is 4.39 Å². The fraction of sp³-hybridized carbons (Fsp3) is 0.727. The van der Waals surface area contributed by atoms with Crippen LogP contribution in [0.15, 0.2) is 0 Å². The van der Waals surface area contributed by atoms with E-state index in [0.29, 0.717) is 50.2 Å². The van der Waals surface area contributed by atoms with Crippen molar-refractivity contribution >= 4 is 24.0 Å². The van der Waals surface area contributed by atoms with Gasteiger partial charge in [0.05, 0.1) is 31.7 Å². The van der Waals surface area contributed by atoms with E-state index in [-0.39, 0.29) is 36.5 Å². The number of nitrogens with one attached hydrogen (secondary N) is 2. The monoisotopic (exact) mass is 497 g/mol. The summed E-state index contributed by atoms with van der Waals surface area (Å²) in [5, 5.41) is 10.1. The van der Waals surface area contributed by atoms with Crippen LogP contribution in [0.25, 0.3) is 0 Å². The molecule has 3 fully saturated rings. The van der Waals surface area contributed by atoms with Crippen molar-refractivity contribution in [2.45, 2.75) is 44.8 Å². The number of hydroxylamine groups is 2. The number of halogens is 2. The number of anilines is 2. The Morgan fingerprint density at radius 2 is 2.09 bits per heavy atom. The van der Waals surface area contributed by atoms with Crippen molar-refractivity contribution in [2.24, 2.45) is 11.8 Å². The summed E-state index contributed by atoms with van der Waals surface area (Å²) in [5.41, 5.74) is 4.91. The predicted octanol–water partition coefficient (Wildman–Crippen LogP) is 1.09. The van der Waals surface area contributed by atoms with Gasteiger partial charge in [-0.15, -0.1) is 0 Å². The summed E-state index contributed by atoms with van der Waals surface area (Å²) in [6.45, 7) is 2.54. The van der Waals surface area contributed by atoms with Crippen LogP contribution in [0.5, 0.6) is 0 Å². The number of aromatic nitrogens is 2. The van der Waals surface area contributed by atoms with E-state index in [9.17, 15) is 19.2 Å². The average Bonchev–Trinajstić information content (AvgIpc) is 3.40.